The summed E-state index contributed by atoms with van der Waals surface area (Å²) < 4.78 is 11.1. The lowest BCUT2D eigenvalue weighted by atomic mass is 9.93. The van der Waals surface area contributed by atoms with Gasteiger partial charge in [0.15, 0.2) is 0 Å². The van der Waals surface area contributed by atoms with Gasteiger partial charge in [0.1, 0.15) is 17.2 Å². The third kappa shape index (κ3) is 2.48. The molecule has 17 heavy (non-hydrogen) atoms. The van der Waals surface area contributed by atoms with Gasteiger partial charge in [0.25, 0.3) is 5.56 Å². The van der Waals surface area contributed by atoms with Gasteiger partial charge in [0.2, 0.25) is 0 Å². The molecule has 1 aliphatic rings. The molecule has 1 aliphatic heterocycles. The zero-order valence-electron chi connectivity index (χ0n) is 9.86. The monoisotopic (exact) mass is 239 g/mol. The zero-order valence-corrected chi connectivity index (χ0v) is 9.86. The zero-order chi connectivity index (χ0) is 12.3. The summed E-state index contributed by atoms with van der Waals surface area (Å²) in [5, 5.41) is 0. The Morgan fingerprint density at radius 3 is 2.88 bits per heavy atom. The average Bonchev–Trinajstić information content (AvgIpc) is 2.29. The Labute approximate surface area is 99.1 Å². The van der Waals surface area contributed by atoms with Crippen LogP contribution in [0.5, 0.6) is 0 Å². The summed E-state index contributed by atoms with van der Waals surface area (Å²) in [7, 11) is 0. The fourth-order valence-corrected chi connectivity index (χ4v) is 2.12. The van der Waals surface area contributed by atoms with Crippen molar-refractivity contribution in [3.8, 4) is 0 Å². The first-order chi connectivity index (χ1) is 8.16. The Morgan fingerprint density at radius 2 is 2.29 bits per heavy atom. The van der Waals surface area contributed by atoms with E-state index in [0.29, 0.717) is 38.5 Å². The highest BCUT2D eigenvalue weighted by Gasteiger charge is 2.37. The molecule has 1 aromatic heterocycles. The van der Waals surface area contributed by atoms with Gasteiger partial charge in [0, 0.05) is 38.7 Å². The van der Waals surface area contributed by atoms with Crippen LogP contribution in [0.4, 0.5) is 5.82 Å². The van der Waals surface area contributed by atoms with E-state index >= 15 is 0 Å². The van der Waals surface area contributed by atoms with E-state index in [-0.39, 0.29) is 11.4 Å². The molecule has 0 bridgehead atoms. The van der Waals surface area contributed by atoms with E-state index in [0.717, 1.165) is 0 Å². The van der Waals surface area contributed by atoms with Gasteiger partial charge in [-0.15, -0.1) is 0 Å². The van der Waals surface area contributed by atoms with Crippen LogP contribution in [-0.4, -0.2) is 29.8 Å². The molecule has 1 saturated heterocycles. The van der Waals surface area contributed by atoms with Crippen molar-refractivity contribution in [2.75, 3.05) is 25.6 Å². The van der Waals surface area contributed by atoms with E-state index in [2.05, 4.69) is 9.97 Å². The lowest BCUT2D eigenvalue weighted by Crippen LogP contribution is -2.39. The van der Waals surface area contributed by atoms with E-state index in [1.807, 2.05) is 6.92 Å². The quantitative estimate of drug-likeness (QED) is 0.796. The van der Waals surface area contributed by atoms with Crippen molar-refractivity contribution in [2.45, 2.75) is 25.4 Å². The largest absolute Gasteiger partial charge is 0.383 e. The maximum absolute atomic E-state index is 11.4. The van der Waals surface area contributed by atoms with Gasteiger partial charge in [-0.2, -0.15) is 0 Å². The highest BCUT2D eigenvalue weighted by molar-refractivity contribution is 5.26. The smallest absolute Gasteiger partial charge is 0.253 e. The summed E-state index contributed by atoms with van der Waals surface area (Å²) in [6, 6.07) is 1.27. The number of nitrogens with zero attached hydrogens (tertiary/aromatic N) is 1. The van der Waals surface area contributed by atoms with Crippen molar-refractivity contribution in [1.29, 1.82) is 0 Å². The first-order valence-corrected chi connectivity index (χ1v) is 5.75. The topological polar surface area (TPSA) is 90.2 Å². The number of nitrogens with one attached hydrogen (secondary N) is 1. The lowest BCUT2D eigenvalue weighted by molar-refractivity contribution is -0.117. The van der Waals surface area contributed by atoms with Crippen molar-refractivity contribution in [1.82, 2.24) is 9.97 Å². The third-order valence-corrected chi connectivity index (χ3v) is 2.91. The molecule has 0 amide bonds. The minimum atomic E-state index is -0.568. The fraction of sp³-hybridized carbons (Fsp3) is 0.636. The molecule has 6 heteroatoms. The Hall–Kier alpha value is -1.40. The van der Waals surface area contributed by atoms with Crippen LogP contribution in [0.3, 0.4) is 0 Å². The summed E-state index contributed by atoms with van der Waals surface area (Å²) in [5.41, 5.74) is 4.78. The standard InChI is InChI=1S/C11H17N3O3/c1-2-17-11(3-5-16-6-4-11)10-13-8(12)7-9(15)14-10/h7H,2-6H2,1H3,(H3,12,13,14,15). The van der Waals surface area contributed by atoms with E-state index in [4.69, 9.17) is 15.2 Å². The molecule has 1 aromatic rings. The summed E-state index contributed by atoms with van der Waals surface area (Å²) in [6.45, 7) is 3.66. The molecule has 0 atom stereocenters. The van der Waals surface area contributed by atoms with Gasteiger partial charge in [-0.3, -0.25) is 4.79 Å². The molecule has 0 unspecified atom stereocenters. The molecule has 0 spiro atoms. The van der Waals surface area contributed by atoms with Gasteiger partial charge in [-0.1, -0.05) is 0 Å². The van der Waals surface area contributed by atoms with Crippen LogP contribution in [0.1, 0.15) is 25.6 Å². The van der Waals surface area contributed by atoms with E-state index in [1.165, 1.54) is 6.07 Å². The van der Waals surface area contributed by atoms with Crippen molar-refractivity contribution in [3.63, 3.8) is 0 Å². The van der Waals surface area contributed by atoms with Crippen molar-refractivity contribution < 1.29 is 9.47 Å². The molecule has 1 fully saturated rings. The number of H-pyrrole nitrogens is 1. The van der Waals surface area contributed by atoms with Gasteiger partial charge >= 0.3 is 0 Å². The van der Waals surface area contributed by atoms with Crippen LogP contribution >= 0.6 is 0 Å². The first kappa shape index (κ1) is 12.1. The lowest BCUT2D eigenvalue weighted by Gasteiger charge is -2.35. The van der Waals surface area contributed by atoms with Crippen LogP contribution in [0.2, 0.25) is 0 Å². The van der Waals surface area contributed by atoms with E-state index in [1.54, 1.807) is 0 Å². The van der Waals surface area contributed by atoms with Crippen LogP contribution < -0.4 is 11.3 Å². The molecule has 6 nitrogen and oxygen atoms in total. The number of aromatic nitrogens is 2. The normalized spacial score (nSPS) is 19.1. The number of anilines is 1. The number of rotatable bonds is 3. The molecule has 0 radical (unpaired) electrons. The first-order valence-electron chi connectivity index (χ1n) is 5.75. The Bertz CT molecular complexity index is 432. The highest BCUT2D eigenvalue weighted by atomic mass is 16.5. The molecule has 0 aliphatic carbocycles. The van der Waals surface area contributed by atoms with Gasteiger partial charge in [0.05, 0.1) is 0 Å². The molecule has 0 saturated carbocycles. The van der Waals surface area contributed by atoms with E-state index < -0.39 is 5.60 Å². The van der Waals surface area contributed by atoms with Crippen LogP contribution in [0, 0.1) is 0 Å². The molecule has 94 valence electrons. The predicted molar refractivity (Wildman–Crippen MR) is 62.6 cm³/mol. The summed E-state index contributed by atoms with van der Waals surface area (Å²) >= 11 is 0. The average molecular weight is 239 g/mol. The van der Waals surface area contributed by atoms with Crippen LogP contribution in [0.25, 0.3) is 0 Å². The van der Waals surface area contributed by atoms with Gasteiger partial charge in [-0.25, -0.2) is 4.98 Å². The minimum absolute atomic E-state index is 0.217. The molecule has 2 rings (SSSR count). The molecular formula is C11H17N3O3. The second-order valence-electron chi connectivity index (χ2n) is 4.06. The summed E-state index contributed by atoms with van der Waals surface area (Å²) in [6.07, 6.45) is 1.35. The molecule has 2 heterocycles. The number of hydrogen-bond acceptors (Lipinski definition) is 5. The van der Waals surface area contributed by atoms with Crippen LogP contribution in [-0.2, 0) is 15.1 Å². The van der Waals surface area contributed by atoms with Crippen molar-refractivity contribution >= 4 is 5.82 Å². The molecular weight excluding hydrogens is 222 g/mol. The predicted octanol–water partition coefficient (Wildman–Crippen LogP) is 0.394. The Balaban J connectivity index is 2.40. The van der Waals surface area contributed by atoms with Crippen LogP contribution in [0.15, 0.2) is 10.9 Å². The minimum Gasteiger partial charge on any atom is -0.383 e. The number of hydrogen-bond donors (Lipinski definition) is 2. The number of nitrogens with two attached hydrogens (primary N) is 1. The maximum atomic E-state index is 11.4. The van der Waals surface area contributed by atoms with Crippen molar-refractivity contribution in [2.24, 2.45) is 0 Å². The summed E-state index contributed by atoms with van der Waals surface area (Å²) in [4.78, 5) is 18.3. The molecule has 0 aromatic carbocycles. The highest BCUT2D eigenvalue weighted by Crippen LogP contribution is 2.33. The Morgan fingerprint density at radius 1 is 1.59 bits per heavy atom. The third-order valence-electron chi connectivity index (χ3n) is 2.91. The number of aromatic amines is 1. The fourth-order valence-electron chi connectivity index (χ4n) is 2.12. The number of ether oxygens (including phenoxy) is 2. The van der Waals surface area contributed by atoms with Crippen molar-refractivity contribution in [3.05, 3.63) is 22.2 Å². The van der Waals surface area contributed by atoms with Gasteiger partial charge in [-0.05, 0) is 6.92 Å². The van der Waals surface area contributed by atoms with E-state index in [9.17, 15) is 4.79 Å². The second kappa shape index (κ2) is 4.85. The SMILES string of the molecule is CCOC1(c2nc(N)cc(=O)[nH]2)CCOCC1. The molecule has 3 N–H and O–H groups in total. The second-order valence-corrected chi connectivity index (χ2v) is 4.06. The Kier molecular flexibility index (Phi) is 3.44. The van der Waals surface area contributed by atoms with Gasteiger partial charge < -0.3 is 20.2 Å². The summed E-state index contributed by atoms with van der Waals surface area (Å²) in [5.74, 6) is 0.724. The maximum Gasteiger partial charge on any atom is 0.253 e. The number of nitrogen functional groups attached to an aromatic ring is 1.